The Morgan fingerprint density at radius 1 is 1.00 bits per heavy atom. The Morgan fingerprint density at radius 2 is 1.59 bits per heavy atom. The molecule has 0 amide bonds. The molecule has 0 aliphatic rings. The minimum Gasteiger partial charge on any atom is -0.207 e. The minimum atomic E-state index is -0.271. The van der Waals surface area contributed by atoms with Gasteiger partial charge in [0.2, 0.25) is 0 Å². The minimum absolute atomic E-state index is 0.257. The van der Waals surface area contributed by atoms with Crippen molar-refractivity contribution in [3.05, 3.63) is 34.9 Å². The first-order valence-electron chi connectivity index (χ1n) is 6.51. The first-order chi connectivity index (χ1) is 8.04. The lowest BCUT2D eigenvalue weighted by Gasteiger charge is -2.08. The summed E-state index contributed by atoms with van der Waals surface area (Å²) in [6, 6.07) is 2.71. The van der Waals surface area contributed by atoms with E-state index in [4.69, 9.17) is 0 Å². The zero-order valence-electron chi connectivity index (χ0n) is 11.0. The fraction of sp³-hybridized carbons (Fsp3) is 0.600. The predicted molar refractivity (Wildman–Crippen MR) is 68.1 cm³/mol. The number of aryl methyl sites for hydroxylation is 2. The summed E-state index contributed by atoms with van der Waals surface area (Å²) >= 11 is 0. The molecular formula is C15H22F2. The van der Waals surface area contributed by atoms with Crippen molar-refractivity contribution in [1.29, 1.82) is 0 Å². The molecule has 1 aromatic carbocycles. The SMILES string of the molecule is CCc1cc(F)c(CCCCC(C)C)cc1F. The Hall–Kier alpha value is -0.920. The van der Waals surface area contributed by atoms with E-state index in [-0.39, 0.29) is 11.6 Å². The van der Waals surface area contributed by atoms with Crippen molar-refractivity contribution < 1.29 is 8.78 Å². The van der Waals surface area contributed by atoms with Crippen LogP contribution in [0.1, 0.15) is 51.2 Å². The second kappa shape index (κ2) is 6.73. The van der Waals surface area contributed by atoms with E-state index >= 15 is 0 Å². The van der Waals surface area contributed by atoms with Crippen LogP contribution in [-0.2, 0) is 12.8 Å². The van der Waals surface area contributed by atoms with Crippen LogP contribution in [0.5, 0.6) is 0 Å². The molecule has 0 aliphatic heterocycles. The van der Waals surface area contributed by atoms with Crippen LogP contribution in [0.3, 0.4) is 0 Å². The maximum atomic E-state index is 13.6. The van der Waals surface area contributed by atoms with Crippen molar-refractivity contribution in [3.63, 3.8) is 0 Å². The smallest absolute Gasteiger partial charge is 0.126 e. The van der Waals surface area contributed by atoms with Gasteiger partial charge in [-0.1, -0.05) is 33.6 Å². The molecule has 17 heavy (non-hydrogen) atoms. The maximum absolute atomic E-state index is 13.6. The quantitative estimate of drug-likeness (QED) is 0.621. The van der Waals surface area contributed by atoms with E-state index in [1.165, 1.54) is 12.1 Å². The first kappa shape index (κ1) is 14.1. The van der Waals surface area contributed by atoms with Gasteiger partial charge in [-0.15, -0.1) is 0 Å². The molecular weight excluding hydrogens is 218 g/mol. The van der Waals surface area contributed by atoms with Crippen molar-refractivity contribution in [3.8, 4) is 0 Å². The summed E-state index contributed by atoms with van der Waals surface area (Å²) < 4.78 is 27.1. The summed E-state index contributed by atoms with van der Waals surface area (Å²) in [6.07, 6.45) is 4.33. The van der Waals surface area contributed by atoms with E-state index in [0.717, 1.165) is 19.3 Å². The molecule has 0 nitrogen and oxygen atoms in total. The first-order valence-corrected chi connectivity index (χ1v) is 6.51. The van der Waals surface area contributed by atoms with Crippen molar-refractivity contribution in [1.82, 2.24) is 0 Å². The van der Waals surface area contributed by atoms with Crippen LogP contribution < -0.4 is 0 Å². The van der Waals surface area contributed by atoms with E-state index in [0.29, 0.717) is 29.9 Å². The fourth-order valence-electron chi connectivity index (χ4n) is 1.96. The molecule has 0 unspecified atom stereocenters. The van der Waals surface area contributed by atoms with Crippen molar-refractivity contribution in [2.75, 3.05) is 0 Å². The van der Waals surface area contributed by atoms with Gasteiger partial charge in [-0.2, -0.15) is 0 Å². The molecule has 0 N–H and O–H groups in total. The van der Waals surface area contributed by atoms with Crippen LogP contribution in [0.2, 0.25) is 0 Å². The second-order valence-corrected chi connectivity index (χ2v) is 5.03. The molecule has 1 aromatic rings. The molecule has 2 heteroatoms. The zero-order chi connectivity index (χ0) is 12.8. The van der Waals surface area contributed by atoms with Gasteiger partial charge in [0.1, 0.15) is 11.6 Å². The third-order valence-corrected chi connectivity index (χ3v) is 3.07. The fourth-order valence-corrected chi connectivity index (χ4v) is 1.96. The van der Waals surface area contributed by atoms with Gasteiger partial charge >= 0.3 is 0 Å². The molecule has 0 aromatic heterocycles. The third kappa shape index (κ3) is 4.45. The van der Waals surface area contributed by atoms with Gasteiger partial charge in [0.05, 0.1) is 0 Å². The number of unbranched alkanes of at least 4 members (excludes halogenated alkanes) is 1. The standard InChI is InChI=1S/C15H22F2/c1-4-12-9-15(17)13(10-14(12)16)8-6-5-7-11(2)3/h9-11H,4-8H2,1-3H3. The van der Waals surface area contributed by atoms with E-state index in [1.54, 1.807) is 0 Å². The van der Waals surface area contributed by atoms with E-state index in [2.05, 4.69) is 13.8 Å². The number of hydrogen-bond donors (Lipinski definition) is 0. The summed E-state index contributed by atoms with van der Waals surface area (Å²) in [7, 11) is 0. The van der Waals surface area contributed by atoms with Crippen LogP contribution in [0.15, 0.2) is 12.1 Å². The highest BCUT2D eigenvalue weighted by Crippen LogP contribution is 2.18. The molecule has 0 saturated heterocycles. The summed E-state index contributed by atoms with van der Waals surface area (Å²) in [5.41, 5.74) is 0.983. The van der Waals surface area contributed by atoms with Gasteiger partial charge in [0, 0.05) is 0 Å². The highest BCUT2D eigenvalue weighted by molar-refractivity contribution is 5.26. The molecule has 0 bridgehead atoms. The van der Waals surface area contributed by atoms with Crippen LogP contribution >= 0.6 is 0 Å². The van der Waals surface area contributed by atoms with E-state index < -0.39 is 0 Å². The second-order valence-electron chi connectivity index (χ2n) is 5.03. The largest absolute Gasteiger partial charge is 0.207 e. The Morgan fingerprint density at radius 3 is 2.18 bits per heavy atom. The Kier molecular flexibility index (Phi) is 5.60. The number of halogens is 2. The topological polar surface area (TPSA) is 0 Å². The molecule has 0 heterocycles. The van der Waals surface area contributed by atoms with Crippen LogP contribution in [0.25, 0.3) is 0 Å². The normalized spacial score (nSPS) is 11.2. The highest BCUT2D eigenvalue weighted by Gasteiger charge is 2.08. The molecule has 0 radical (unpaired) electrons. The summed E-state index contributed by atoms with van der Waals surface area (Å²) in [4.78, 5) is 0. The lowest BCUT2D eigenvalue weighted by molar-refractivity contribution is 0.527. The van der Waals surface area contributed by atoms with Crippen LogP contribution in [-0.4, -0.2) is 0 Å². The molecule has 96 valence electrons. The zero-order valence-corrected chi connectivity index (χ0v) is 11.0. The monoisotopic (exact) mass is 240 g/mol. The predicted octanol–water partition coefficient (Wildman–Crippen LogP) is 4.90. The lowest BCUT2D eigenvalue weighted by atomic mass is 10.0. The molecule has 0 saturated carbocycles. The average Bonchev–Trinajstić information content (AvgIpc) is 2.28. The summed E-state index contributed by atoms with van der Waals surface area (Å²) in [5, 5.41) is 0. The van der Waals surface area contributed by atoms with E-state index in [1.807, 2.05) is 6.92 Å². The van der Waals surface area contributed by atoms with Gasteiger partial charge in [-0.25, -0.2) is 8.78 Å². The highest BCUT2D eigenvalue weighted by atomic mass is 19.1. The summed E-state index contributed by atoms with van der Waals surface area (Å²) in [6.45, 7) is 6.19. The van der Waals surface area contributed by atoms with Crippen molar-refractivity contribution in [2.24, 2.45) is 5.92 Å². The average molecular weight is 240 g/mol. The van der Waals surface area contributed by atoms with Gasteiger partial charge in [0.25, 0.3) is 0 Å². The Balaban J connectivity index is 2.56. The molecule has 0 aliphatic carbocycles. The summed E-state index contributed by atoms with van der Waals surface area (Å²) in [5.74, 6) is 0.152. The molecule has 0 spiro atoms. The third-order valence-electron chi connectivity index (χ3n) is 3.07. The van der Waals surface area contributed by atoms with Gasteiger partial charge in [-0.05, 0) is 48.4 Å². The van der Waals surface area contributed by atoms with Gasteiger partial charge in [-0.3, -0.25) is 0 Å². The number of rotatable bonds is 6. The molecule has 1 rings (SSSR count). The Labute approximate surface area is 103 Å². The van der Waals surface area contributed by atoms with E-state index in [9.17, 15) is 8.78 Å². The lowest BCUT2D eigenvalue weighted by Crippen LogP contribution is -1.98. The van der Waals surface area contributed by atoms with Gasteiger partial charge < -0.3 is 0 Å². The van der Waals surface area contributed by atoms with Crippen molar-refractivity contribution in [2.45, 2.75) is 52.9 Å². The van der Waals surface area contributed by atoms with Crippen molar-refractivity contribution >= 4 is 0 Å². The maximum Gasteiger partial charge on any atom is 0.126 e. The van der Waals surface area contributed by atoms with Crippen LogP contribution in [0.4, 0.5) is 8.78 Å². The van der Waals surface area contributed by atoms with Crippen LogP contribution in [0, 0.1) is 17.6 Å². The molecule has 0 fully saturated rings. The number of hydrogen-bond acceptors (Lipinski definition) is 0. The molecule has 0 atom stereocenters. The number of benzene rings is 1. The van der Waals surface area contributed by atoms with Gasteiger partial charge in [0.15, 0.2) is 0 Å². The Bertz CT molecular complexity index is 356.